The molecule has 4 aromatic carbocycles. The molecule has 0 aliphatic heterocycles. The van der Waals surface area contributed by atoms with Gasteiger partial charge in [0.2, 0.25) is 10.0 Å². The molecule has 0 atom stereocenters. The number of primary sulfonamides is 1. The normalized spacial score (nSPS) is 11.3. The molecule has 0 fully saturated rings. The fraction of sp³-hybridized carbons (Fsp3) is 0.0968. The molecule has 0 saturated carbocycles. The average Bonchev–Trinajstić information content (AvgIpc) is 2.95. The zero-order valence-corrected chi connectivity index (χ0v) is 23.1. The molecule has 1 aromatic heterocycles. The van der Waals surface area contributed by atoms with Gasteiger partial charge < -0.3 is 10.1 Å². The zero-order valence-electron chi connectivity index (χ0n) is 22.3. The number of amides is 1. The summed E-state index contributed by atoms with van der Waals surface area (Å²) < 4.78 is 28.0. The second-order valence-corrected chi connectivity index (χ2v) is 11.1. The lowest BCUT2D eigenvalue weighted by Crippen LogP contribution is -2.21. The Hall–Kier alpha value is -4.93. The maximum absolute atomic E-state index is 12.8. The first-order chi connectivity index (χ1) is 19.6. The number of sulfonamides is 1. The third kappa shape index (κ3) is 6.46. The summed E-state index contributed by atoms with van der Waals surface area (Å²) in [5.74, 6) is -1.29. The number of ether oxygens (including phenoxy) is 1. The summed E-state index contributed by atoms with van der Waals surface area (Å²) in [5.41, 5.74) is 7.13. The molecule has 1 heterocycles. The van der Waals surface area contributed by atoms with Gasteiger partial charge in [-0.15, -0.1) is 0 Å². The number of hydrogen-bond acceptors (Lipinski definition) is 7. The van der Waals surface area contributed by atoms with E-state index in [1.54, 1.807) is 18.2 Å². The molecule has 0 unspecified atom stereocenters. The van der Waals surface area contributed by atoms with E-state index in [0.717, 1.165) is 27.9 Å². The molecule has 5 rings (SSSR count). The van der Waals surface area contributed by atoms with Gasteiger partial charge in [0, 0.05) is 16.8 Å². The second kappa shape index (κ2) is 11.3. The quantitative estimate of drug-likeness (QED) is 0.263. The molecule has 1 amide bonds. The molecule has 0 bridgehead atoms. The number of aromatic nitrogens is 2. The Morgan fingerprint density at radius 1 is 0.756 bits per heavy atom. The number of nitrogens with two attached hydrogens (primary N) is 1. The summed E-state index contributed by atoms with van der Waals surface area (Å²) in [5, 5.41) is 7.62. The van der Waals surface area contributed by atoms with E-state index in [0.29, 0.717) is 22.4 Å². The van der Waals surface area contributed by atoms with Crippen molar-refractivity contribution < 1.29 is 22.7 Å². The molecule has 3 N–H and O–H groups in total. The van der Waals surface area contributed by atoms with Crippen molar-refractivity contribution in [2.24, 2.45) is 5.14 Å². The van der Waals surface area contributed by atoms with Crippen LogP contribution in [0, 0.1) is 13.8 Å². The number of hydrogen-bond donors (Lipinski definition) is 2. The number of aryl methyl sites for hydroxylation is 2. The third-order valence-corrected chi connectivity index (χ3v) is 7.28. The minimum Gasteiger partial charge on any atom is -0.452 e. The molecule has 0 aliphatic rings. The van der Waals surface area contributed by atoms with Crippen LogP contribution in [0.3, 0.4) is 0 Å². The molecule has 5 aromatic rings. The monoisotopic (exact) mass is 566 g/mol. The Labute approximate surface area is 237 Å². The summed E-state index contributed by atoms with van der Waals surface area (Å²) in [6, 6.07) is 26.2. The van der Waals surface area contributed by atoms with Crippen LogP contribution in [0.2, 0.25) is 0 Å². The van der Waals surface area contributed by atoms with Crippen molar-refractivity contribution in [1.82, 2.24) is 9.97 Å². The molecular formula is C31H26N4O5S. The van der Waals surface area contributed by atoms with Crippen LogP contribution in [-0.4, -0.2) is 36.9 Å². The molecule has 9 nitrogen and oxygen atoms in total. The molecule has 206 valence electrons. The van der Waals surface area contributed by atoms with Gasteiger partial charge in [0.05, 0.1) is 32.9 Å². The predicted octanol–water partition coefficient (Wildman–Crippen LogP) is 5.02. The standard InChI is InChI=1S/C31H26N4O5S/c1-19-3-7-21(8-4-19)29-30(22-9-5-20(2)6-10-22)35-27-17-23(11-16-26(27)34-29)31(37)40-18-28(36)33-24-12-14-25(15-13-24)41(32,38)39/h3-17H,18H2,1-2H3,(H,33,36)(H2,32,38,39). The van der Waals surface area contributed by atoms with Crippen LogP contribution in [0.1, 0.15) is 21.5 Å². The largest absolute Gasteiger partial charge is 0.452 e. The van der Waals surface area contributed by atoms with Gasteiger partial charge >= 0.3 is 5.97 Å². The number of nitrogens with zero attached hydrogens (tertiary/aromatic N) is 2. The van der Waals surface area contributed by atoms with Crippen molar-refractivity contribution in [3.63, 3.8) is 0 Å². The highest BCUT2D eigenvalue weighted by Gasteiger charge is 2.17. The fourth-order valence-electron chi connectivity index (χ4n) is 4.15. The maximum atomic E-state index is 12.8. The van der Waals surface area contributed by atoms with E-state index in [4.69, 9.17) is 19.8 Å². The van der Waals surface area contributed by atoms with Gasteiger partial charge in [-0.05, 0) is 56.3 Å². The topological polar surface area (TPSA) is 141 Å². The Morgan fingerprint density at radius 3 is 1.83 bits per heavy atom. The highest BCUT2D eigenvalue weighted by Crippen LogP contribution is 2.31. The van der Waals surface area contributed by atoms with Gasteiger partial charge in [-0.3, -0.25) is 4.79 Å². The summed E-state index contributed by atoms with van der Waals surface area (Å²) in [6.45, 7) is 3.49. The Balaban J connectivity index is 1.37. The first kappa shape index (κ1) is 27.6. The van der Waals surface area contributed by atoms with E-state index < -0.39 is 28.5 Å². The fourth-order valence-corrected chi connectivity index (χ4v) is 4.66. The van der Waals surface area contributed by atoms with E-state index in [9.17, 15) is 18.0 Å². The molecule has 0 radical (unpaired) electrons. The Kier molecular flexibility index (Phi) is 7.60. The number of benzene rings is 4. The molecular weight excluding hydrogens is 540 g/mol. The van der Waals surface area contributed by atoms with Gasteiger partial charge in [-0.25, -0.2) is 28.3 Å². The van der Waals surface area contributed by atoms with Crippen LogP contribution in [0.15, 0.2) is 95.9 Å². The molecule has 0 spiro atoms. The molecule has 0 saturated heterocycles. The zero-order chi connectivity index (χ0) is 29.1. The van der Waals surface area contributed by atoms with Crippen molar-refractivity contribution in [2.75, 3.05) is 11.9 Å². The summed E-state index contributed by atoms with van der Waals surface area (Å²) >= 11 is 0. The maximum Gasteiger partial charge on any atom is 0.338 e. The van der Waals surface area contributed by atoms with Gasteiger partial charge in [0.25, 0.3) is 5.91 Å². The van der Waals surface area contributed by atoms with Gasteiger partial charge in [0.1, 0.15) is 0 Å². The molecule has 0 aliphatic carbocycles. The van der Waals surface area contributed by atoms with Crippen LogP contribution in [-0.2, 0) is 19.6 Å². The number of carbonyl (C=O) groups excluding carboxylic acids is 2. The van der Waals surface area contributed by atoms with E-state index in [1.165, 1.54) is 24.3 Å². The molecule has 41 heavy (non-hydrogen) atoms. The minimum absolute atomic E-state index is 0.0853. The van der Waals surface area contributed by atoms with Gasteiger partial charge in [-0.2, -0.15) is 0 Å². The lowest BCUT2D eigenvalue weighted by molar-refractivity contribution is -0.119. The average molecular weight is 567 g/mol. The summed E-state index contributed by atoms with van der Waals surface area (Å²) in [4.78, 5) is 34.8. The van der Waals surface area contributed by atoms with Crippen LogP contribution >= 0.6 is 0 Å². The van der Waals surface area contributed by atoms with Crippen molar-refractivity contribution in [2.45, 2.75) is 18.7 Å². The van der Waals surface area contributed by atoms with Crippen LogP contribution in [0.5, 0.6) is 0 Å². The van der Waals surface area contributed by atoms with Crippen LogP contribution < -0.4 is 10.5 Å². The number of rotatable bonds is 7. The van der Waals surface area contributed by atoms with E-state index >= 15 is 0 Å². The lowest BCUT2D eigenvalue weighted by Gasteiger charge is -2.12. The second-order valence-electron chi connectivity index (χ2n) is 9.55. The van der Waals surface area contributed by atoms with Crippen molar-refractivity contribution >= 4 is 38.6 Å². The number of anilines is 1. The number of esters is 1. The highest BCUT2D eigenvalue weighted by atomic mass is 32.2. The smallest absolute Gasteiger partial charge is 0.338 e. The SMILES string of the molecule is Cc1ccc(-c2nc3ccc(C(=O)OCC(=O)Nc4ccc(S(N)(=O)=O)cc4)cc3nc2-c2ccc(C)cc2)cc1. The minimum atomic E-state index is -3.85. The van der Waals surface area contributed by atoms with Crippen molar-refractivity contribution in [3.05, 3.63) is 108 Å². The Morgan fingerprint density at radius 2 is 1.29 bits per heavy atom. The lowest BCUT2D eigenvalue weighted by atomic mass is 10.0. The summed E-state index contributed by atoms with van der Waals surface area (Å²) in [6.07, 6.45) is 0. The first-order valence-electron chi connectivity index (χ1n) is 12.6. The van der Waals surface area contributed by atoms with Crippen molar-refractivity contribution in [3.8, 4) is 22.5 Å². The highest BCUT2D eigenvalue weighted by molar-refractivity contribution is 7.89. The number of carbonyl (C=O) groups is 2. The Bertz CT molecular complexity index is 1870. The van der Waals surface area contributed by atoms with Gasteiger partial charge in [0.15, 0.2) is 6.61 Å². The van der Waals surface area contributed by atoms with Crippen LogP contribution in [0.25, 0.3) is 33.5 Å². The predicted molar refractivity (Wildman–Crippen MR) is 157 cm³/mol. The molecule has 10 heteroatoms. The van der Waals surface area contributed by atoms with E-state index in [1.807, 2.05) is 62.4 Å². The number of nitrogens with one attached hydrogen (secondary N) is 1. The third-order valence-electron chi connectivity index (χ3n) is 6.35. The number of fused-ring (bicyclic) bond motifs is 1. The first-order valence-corrected chi connectivity index (χ1v) is 14.2. The summed E-state index contributed by atoms with van der Waals surface area (Å²) in [7, 11) is -3.85. The van der Waals surface area contributed by atoms with Gasteiger partial charge in [-0.1, -0.05) is 59.7 Å². The van der Waals surface area contributed by atoms with Crippen LogP contribution in [0.4, 0.5) is 5.69 Å². The van der Waals surface area contributed by atoms with E-state index in [2.05, 4.69) is 5.32 Å². The van der Waals surface area contributed by atoms with Crippen molar-refractivity contribution in [1.29, 1.82) is 0 Å². The van der Waals surface area contributed by atoms with E-state index in [-0.39, 0.29) is 10.5 Å².